The number of ether oxygens (including phenoxy) is 3. The maximum absolute atomic E-state index is 13.4. The third-order valence-corrected chi connectivity index (χ3v) is 5.68. The van der Waals surface area contributed by atoms with E-state index in [0.29, 0.717) is 24.5 Å². The Morgan fingerprint density at radius 3 is 2.12 bits per heavy atom. The van der Waals surface area contributed by atoms with Crippen molar-refractivity contribution in [2.24, 2.45) is 0 Å². The molecule has 0 radical (unpaired) electrons. The SMILES string of the molecule is COc1cc(OC)cc(N2CCN(C(=O)c3ccccc3-c3ccc(OC)nc3)CC2)c1. The Balaban J connectivity index is 1.50. The normalized spacial score (nSPS) is 13.6. The van der Waals surface area contributed by atoms with Crippen molar-refractivity contribution in [3.8, 4) is 28.5 Å². The molecule has 0 atom stereocenters. The summed E-state index contributed by atoms with van der Waals surface area (Å²) < 4.78 is 15.9. The zero-order chi connectivity index (χ0) is 22.5. The minimum atomic E-state index is 0.0271. The largest absolute Gasteiger partial charge is 0.497 e. The summed E-state index contributed by atoms with van der Waals surface area (Å²) >= 11 is 0. The van der Waals surface area contributed by atoms with E-state index < -0.39 is 0 Å². The number of carbonyl (C=O) groups is 1. The number of anilines is 1. The van der Waals surface area contributed by atoms with Crippen molar-refractivity contribution in [3.05, 3.63) is 66.4 Å². The highest BCUT2D eigenvalue weighted by Crippen LogP contribution is 2.30. The van der Waals surface area contributed by atoms with E-state index in [1.807, 2.05) is 53.4 Å². The Hall–Kier alpha value is -3.74. The van der Waals surface area contributed by atoms with Gasteiger partial charge < -0.3 is 24.0 Å². The van der Waals surface area contributed by atoms with Crippen LogP contribution in [-0.2, 0) is 0 Å². The average molecular weight is 434 g/mol. The first-order valence-electron chi connectivity index (χ1n) is 10.5. The van der Waals surface area contributed by atoms with Gasteiger partial charge in [-0.2, -0.15) is 0 Å². The van der Waals surface area contributed by atoms with Gasteiger partial charge in [0.05, 0.1) is 21.3 Å². The van der Waals surface area contributed by atoms with Crippen molar-refractivity contribution < 1.29 is 19.0 Å². The lowest BCUT2D eigenvalue weighted by atomic mass is 10.00. The van der Waals surface area contributed by atoms with Crippen LogP contribution in [0.15, 0.2) is 60.8 Å². The second kappa shape index (κ2) is 9.60. The van der Waals surface area contributed by atoms with Crippen LogP contribution in [0.4, 0.5) is 5.69 Å². The van der Waals surface area contributed by atoms with Crippen molar-refractivity contribution in [1.82, 2.24) is 9.88 Å². The molecule has 0 unspecified atom stereocenters. The molecule has 0 spiro atoms. The lowest BCUT2D eigenvalue weighted by Crippen LogP contribution is -2.48. The summed E-state index contributed by atoms with van der Waals surface area (Å²) in [6.07, 6.45) is 1.74. The van der Waals surface area contributed by atoms with E-state index in [1.165, 1.54) is 0 Å². The summed E-state index contributed by atoms with van der Waals surface area (Å²) in [5.74, 6) is 2.07. The summed E-state index contributed by atoms with van der Waals surface area (Å²) in [7, 11) is 4.87. The molecule has 1 aliphatic rings. The fourth-order valence-corrected chi connectivity index (χ4v) is 3.89. The lowest BCUT2D eigenvalue weighted by molar-refractivity contribution is 0.0747. The van der Waals surface area contributed by atoms with Gasteiger partial charge in [0.1, 0.15) is 11.5 Å². The van der Waals surface area contributed by atoms with Crippen LogP contribution >= 0.6 is 0 Å². The van der Waals surface area contributed by atoms with Crippen molar-refractivity contribution in [3.63, 3.8) is 0 Å². The molecule has 0 N–H and O–H groups in total. The molecule has 1 aliphatic heterocycles. The van der Waals surface area contributed by atoms with Crippen LogP contribution in [0.2, 0.25) is 0 Å². The van der Waals surface area contributed by atoms with Gasteiger partial charge in [-0.05, 0) is 17.7 Å². The number of hydrogen-bond acceptors (Lipinski definition) is 6. The van der Waals surface area contributed by atoms with Crippen molar-refractivity contribution >= 4 is 11.6 Å². The maximum Gasteiger partial charge on any atom is 0.254 e. The minimum Gasteiger partial charge on any atom is -0.497 e. The molecule has 3 aromatic rings. The van der Waals surface area contributed by atoms with E-state index >= 15 is 0 Å². The van der Waals surface area contributed by atoms with Crippen LogP contribution in [0.3, 0.4) is 0 Å². The molecule has 32 heavy (non-hydrogen) atoms. The number of hydrogen-bond donors (Lipinski definition) is 0. The van der Waals surface area contributed by atoms with E-state index in [-0.39, 0.29) is 5.91 Å². The van der Waals surface area contributed by atoms with E-state index in [0.717, 1.165) is 41.4 Å². The third-order valence-electron chi connectivity index (χ3n) is 5.68. The third kappa shape index (κ3) is 4.46. The Labute approximate surface area is 188 Å². The molecule has 1 amide bonds. The Morgan fingerprint density at radius 2 is 1.53 bits per heavy atom. The zero-order valence-corrected chi connectivity index (χ0v) is 18.6. The van der Waals surface area contributed by atoms with Crippen molar-refractivity contribution in [2.75, 3.05) is 52.4 Å². The van der Waals surface area contributed by atoms with Gasteiger partial charge in [-0.25, -0.2) is 4.98 Å². The first-order valence-corrected chi connectivity index (χ1v) is 10.5. The number of rotatable bonds is 6. The molecule has 4 rings (SSSR count). The summed E-state index contributed by atoms with van der Waals surface area (Å²) in [5, 5.41) is 0. The molecule has 2 aromatic carbocycles. The van der Waals surface area contributed by atoms with Gasteiger partial charge in [0, 0.05) is 73.5 Å². The number of carbonyl (C=O) groups excluding carboxylic acids is 1. The zero-order valence-electron chi connectivity index (χ0n) is 18.6. The molecule has 7 heteroatoms. The topological polar surface area (TPSA) is 64.1 Å². The molecule has 166 valence electrons. The van der Waals surface area contributed by atoms with Gasteiger partial charge in [0.15, 0.2) is 0 Å². The van der Waals surface area contributed by atoms with E-state index in [1.54, 1.807) is 33.6 Å². The highest BCUT2D eigenvalue weighted by Gasteiger charge is 2.25. The smallest absolute Gasteiger partial charge is 0.254 e. The van der Waals surface area contributed by atoms with Crippen LogP contribution in [0.25, 0.3) is 11.1 Å². The Morgan fingerprint density at radius 1 is 0.844 bits per heavy atom. The van der Waals surface area contributed by atoms with E-state index in [4.69, 9.17) is 14.2 Å². The fourth-order valence-electron chi connectivity index (χ4n) is 3.89. The molecular formula is C25H27N3O4. The van der Waals surface area contributed by atoms with Crippen LogP contribution in [0.5, 0.6) is 17.4 Å². The lowest BCUT2D eigenvalue weighted by Gasteiger charge is -2.36. The highest BCUT2D eigenvalue weighted by molar-refractivity contribution is 6.01. The summed E-state index contributed by atoms with van der Waals surface area (Å²) in [6, 6.07) is 17.2. The van der Waals surface area contributed by atoms with Gasteiger partial charge >= 0.3 is 0 Å². The van der Waals surface area contributed by atoms with Gasteiger partial charge in [-0.3, -0.25) is 4.79 Å². The molecule has 2 heterocycles. The molecule has 0 saturated carbocycles. The Kier molecular flexibility index (Phi) is 6.44. The molecule has 0 aliphatic carbocycles. The molecule has 7 nitrogen and oxygen atoms in total. The van der Waals surface area contributed by atoms with Crippen LogP contribution in [-0.4, -0.2) is 63.3 Å². The number of piperazine rings is 1. The number of amides is 1. The standard InChI is InChI=1S/C25H27N3O4/c1-30-20-14-19(15-21(16-20)31-2)27-10-12-28(13-11-27)25(29)23-7-5-4-6-22(23)18-8-9-24(32-3)26-17-18/h4-9,14-17H,10-13H2,1-3H3. The fraction of sp³-hybridized carbons (Fsp3) is 0.280. The maximum atomic E-state index is 13.4. The predicted molar refractivity (Wildman–Crippen MR) is 124 cm³/mol. The summed E-state index contributed by atoms with van der Waals surface area (Å²) in [6.45, 7) is 2.73. The number of methoxy groups -OCH3 is 3. The van der Waals surface area contributed by atoms with E-state index in [9.17, 15) is 4.79 Å². The number of nitrogens with zero attached hydrogens (tertiary/aromatic N) is 3. The number of aromatic nitrogens is 1. The van der Waals surface area contributed by atoms with Crippen molar-refractivity contribution in [1.29, 1.82) is 0 Å². The molecule has 0 bridgehead atoms. The highest BCUT2D eigenvalue weighted by atomic mass is 16.5. The second-order valence-electron chi connectivity index (χ2n) is 7.48. The molecule has 1 saturated heterocycles. The van der Waals surface area contributed by atoms with Gasteiger partial charge in [-0.1, -0.05) is 18.2 Å². The first-order chi connectivity index (χ1) is 15.6. The quantitative estimate of drug-likeness (QED) is 0.590. The number of benzene rings is 2. The van der Waals surface area contributed by atoms with Crippen LogP contribution in [0.1, 0.15) is 10.4 Å². The van der Waals surface area contributed by atoms with Crippen LogP contribution in [0, 0.1) is 0 Å². The van der Waals surface area contributed by atoms with Crippen LogP contribution < -0.4 is 19.1 Å². The molecule has 1 aromatic heterocycles. The first kappa shape index (κ1) is 21.5. The molecular weight excluding hydrogens is 406 g/mol. The van der Waals surface area contributed by atoms with Gasteiger partial charge in [-0.15, -0.1) is 0 Å². The number of pyridine rings is 1. The van der Waals surface area contributed by atoms with E-state index in [2.05, 4.69) is 9.88 Å². The van der Waals surface area contributed by atoms with Gasteiger partial charge in [0.2, 0.25) is 5.88 Å². The summed E-state index contributed by atoms with van der Waals surface area (Å²) in [5.41, 5.74) is 3.46. The monoisotopic (exact) mass is 433 g/mol. The van der Waals surface area contributed by atoms with Crippen molar-refractivity contribution in [2.45, 2.75) is 0 Å². The minimum absolute atomic E-state index is 0.0271. The second-order valence-corrected chi connectivity index (χ2v) is 7.48. The predicted octanol–water partition coefficient (Wildman–Crippen LogP) is 3.74. The summed E-state index contributed by atoms with van der Waals surface area (Å²) in [4.78, 5) is 21.8. The molecule has 1 fully saturated rings. The van der Waals surface area contributed by atoms with Gasteiger partial charge in [0.25, 0.3) is 5.91 Å². The average Bonchev–Trinajstić information content (AvgIpc) is 2.88. The Bertz CT molecular complexity index is 1050.